The molecule has 0 radical (unpaired) electrons. The lowest BCUT2D eigenvalue weighted by Gasteiger charge is -2.38. The first kappa shape index (κ1) is 13.4. The average molecular weight is 288 g/mol. The fourth-order valence-corrected chi connectivity index (χ4v) is 7.31. The normalized spacial score (nSPS) is 55.3. The minimum atomic E-state index is 0.895. The predicted octanol–water partition coefficient (Wildman–Crippen LogP) is 3.27. The lowest BCUT2D eigenvalue weighted by Crippen LogP contribution is -2.46. The van der Waals surface area contributed by atoms with E-state index in [1.807, 2.05) is 0 Å². The van der Waals surface area contributed by atoms with Crippen molar-refractivity contribution in [2.45, 2.75) is 75.9 Å². The van der Waals surface area contributed by atoms with Crippen LogP contribution in [0.2, 0.25) is 0 Å². The van der Waals surface area contributed by atoms with Crippen LogP contribution in [0.1, 0.15) is 57.8 Å². The van der Waals surface area contributed by atoms with Gasteiger partial charge in [-0.05, 0) is 94.5 Å². The molecule has 2 heteroatoms. The van der Waals surface area contributed by atoms with Crippen molar-refractivity contribution in [1.82, 2.24) is 10.2 Å². The third-order valence-electron chi connectivity index (χ3n) is 8.29. The first-order chi connectivity index (χ1) is 10.3. The Labute approximate surface area is 130 Å². The Bertz CT molecular complexity index is 394. The van der Waals surface area contributed by atoms with E-state index in [1.165, 1.54) is 45.1 Å². The summed E-state index contributed by atoms with van der Waals surface area (Å²) in [6, 6.07) is 2.72. The maximum absolute atomic E-state index is 4.06. The summed E-state index contributed by atoms with van der Waals surface area (Å²) in [4.78, 5) is 2.68. The third kappa shape index (κ3) is 2.05. The van der Waals surface area contributed by atoms with Crippen molar-refractivity contribution in [2.75, 3.05) is 13.6 Å². The molecule has 0 aromatic heterocycles. The molecule has 3 aliphatic carbocycles. The number of nitrogens with zero attached hydrogens (tertiary/aromatic N) is 1. The van der Waals surface area contributed by atoms with Crippen molar-refractivity contribution in [2.24, 2.45) is 29.6 Å². The Morgan fingerprint density at radius 3 is 2.43 bits per heavy atom. The second-order valence-corrected chi connectivity index (χ2v) is 9.06. The van der Waals surface area contributed by atoms with Crippen LogP contribution < -0.4 is 5.32 Å². The summed E-state index contributed by atoms with van der Waals surface area (Å²) in [6.45, 7) is 1.33. The molecule has 0 spiro atoms. The van der Waals surface area contributed by atoms with Gasteiger partial charge >= 0.3 is 0 Å². The van der Waals surface area contributed by atoms with Crippen molar-refractivity contribution in [1.29, 1.82) is 0 Å². The largest absolute Gasteiger partial charge is 0.313 e. The molecule has 1 N–H and O–H groups in total. The summed E-state index contributed by atoms with van der Waals surface area (Å²) in [5.74, 6) is 5.40. The van der Waals surface area contributed by atoms with E-state index in [-0.39, 0.29) is 0 Å². The fourth-order valence-electron chi connectivity index (χ4n) is 7.31. The van der Waals surface area contributed by atoms with E-state index < -0.39 is 0 Å². The minimum absolute atomic E-state index is 0.895. The van der Waals surface area contributed by atoms with Gasteiger partial charge < -0.3 is 10.2 Å². The van der Waals surface area contributed by atoms with E-state index >= 15 is 0 Å². The standard InChI is InChI=1S/C19H32N2/c1-21-14-5-6-15(21)8-12(7-14)11-20-19-10-13-9-18(19)17-4-2-3-16(13)17/h12-20H,2-11H2,1H3. The summed E-state index contributed by atoms with van der Waals surface area (Å²) in [5, 5.41) is 4.06. The van der Waals surface area contributed by atoms with E-state index in [0.717, 1.165) is 47.7 Å². The lowest BCUT2D eigenvalue weighted by atomic mass is 9.79. The fraction of sp³-hybridized carbons (Fsp3) is 1.00. The highest BCUT2D eigenvalue weighted by Crippen LogP contribution is 2.58. The lowest BCUT2D eigenvalue weighted by molar-refractivity contribution is 0.125. The van der Waals surface area contributed by atoms with Crippen LogP contribution in [-0.4, -0.2) is 36.6 Å². The van der Waals surface area contributed by atoms with Gasteiger partial charge in [0.2, 0.25) is 0 Å². The first-order valence-electron chi connectivity index (χ1n) is 9.75. The second kappa shape index (κ2) is 4.96. The topological polar surface area (TPSA) is 15.3 Å². The zero-order chi connectivity index (χ0) is 14.0. The van der Waals surface area contributed by atoms with Crippen molar-refractivity contribution >= 4 is 0 Å². The zero-order valence-corrected chi connectivity index (χ0v) is 13.6. The molecule has 0 amide bonds. The molecule has 2 saturated heterocycles. The third-order valence-corrected chi connectivity index (χ3v) is 8.29. The molecule has 4 bridgehead atoms. The average Bonchev–Trinajstić information content (AvgIpc) is 3.19. The van der Waals surface area contributed by atoms with Gasteiger partial charge in [-0.3, -0.25) is 0 Å². The molecule has 7 unspecified atom stereocenters. The molecular weight excluding hydrogens is 256 g/mol. The zero-order valence-electron chi connectivity index (χ0n) is 13.6. The molecule has 21 heavy (non-hydrogen) atoms. The summed E-state index contributed by atoms with van der Waals surface area (Å²) in [6.07, 6.45) is 13.6. The number of nitrogens with one attached hydrogen (secondary N) is 1. The van der Waals surface area contributed by atoms with Gasteiger partial charge in [0.25, 0.3) is 0 Å². The van der Waals surface area contributed by atoms with Crippen LogP contribution in [0.3, 0.4) is 0 Å². The van der Waals surface area contributed by atoms with Crippen molar-refractivity contribution < 1.29 is 0 Å². The summed E-state index contributed by atoms with van der Waals surface area (Å²) >= 11 is 0. The molecular formula is C19H32N2. The van der Waals surface area contributed by atoms with E-state index in [9.17, 15) is 0 Å². The van der Waals surface area contributed by atoms with Gasteiger partial charge in [-0.15, -0.1) is 0 Å². The van der Waals surface area contributed by atoms with Crippen LogP contribution in [0.15, 0.2) is 0 Å². The summed E-state index contributed by atoms with van der Waals surface area (Å²) in [5.41, 5.74) is 0. The number of piperidine rings is 1. The number of fused-ring (bicyclic) bond motifs is 7. The van der Waals surface area contributed by atoms with E-state index in [2.05, 4.69) is 17.3 Å². The molecule has 3 saturated carbocycles. The van der Waals surface area contributed by atoms with Crippen molar-refractivity contribution in [3.63, 3.8) is 0 Å². The smallest absolute Gasteiger partial charge is 0.0101 e. The molecule has 5 rings (SSSR count). The quantitative estimate of drug-likeness (QED) is 0.857. The molecule has 0 aromatic carbocycles. The maximum Gasteiger partial charge on any atom is 0.0101 e. The van der Waals surface area contributed by atoms with E-state index in [4.69, 9.17) is 0 Å². The summed E-state index contributed by atoms with van der Waals surface area (Å²) < 4.78 is 0. The van der Waals surface area contributed by atoms with Gasteiger partial charge in [0, 0.05) is 18.1 Å². The van der Waals surface area contributed by atoms with Crippen molar-refractivity contribution in [3.05, 3.63) is 0 Å². The van der Waals surface area contributed by atoms with Gasteiger partial charge in [-0.2, -0.15) is 0 Å². The van der Waals surface area contributed by atoms with Crippen LogP contribution >= 0.6 is 0 Å². The molecule has 7 atom stereocenters. The van der Waals surface area contributed by atoms with E-state index in [1.54, 1.807) is 19.3 Å². The van der Waals surface area contributed by atoms with Gasteiger partial charge in [0.15, 0.2) is 0 Å². The Hall–Kier alpha value is -0.0800. The predicted molar refractivity (Wildman–Crippen MR) is 86.1 cm³/mol. The SMILES string of the molecule is CN1C2CCC1CC(CNC1CC3CC1C1CCCC31)C2. The molecule has 5 aliphatic rings. The van der Waals surface area contributed by atoms with Gasteiger partial charge in [-0.25, -0.2) is 0 Å². The van der Waals surface area contributed by atoms with Gasteiger partial charge in [0.1, 0.15) is 0 Å². The highest BCUT2D eigenvalue weighted by Gasteiger charge is 2.53. The minimum Gasteiger partial charge on any atom is -0.313 e. The maximum atomic E-state index is 4.06. The number of hydrogen-bond acceptors (Lipinski definition) is 2. The monoisotopic (exact) mass is 288 g/mol. The van der Waals surface area contributed by atoms with Gasteiger partial charge in [0.05, 0.1) is 0 Å². The first-order valence-corrected chi connectivity index (χ1v) is 9.75. The second-order valence-electron chi connectivity index (χ2n) is 9.06. The Morgan fingerprint density at radius 2 is 1.62 bits per heavy atom. The highest BCUT2D eigenvalue weighted by atomic mass is 15.2. The molecule has 118 valence electrons. The molecule has 2 heterocycles. The Kier molecular flexibility index (Phi) is 3.16. The summed E-state index contributed by atoms with van der Waals surface area (Å²) in [7, 11) is 2.36. The number of hydrogen-bond donors (Lipinski definition) is 1. The molecule has 2 aliphatic heterocycles. The molecule has 5 fully saturated rings. The van der Waals surface area contributed by atoms with Crippen LogP contribution in [0.4, 0.5) is 0 Å². The number of rotatable bonds is 3. The van der Waals surface area contributed by atoms with Crippen LogP contribution in [0.25, 0.3) is 0 Å². The van der Waals surface area contributed by atoms with Crippen molar-refractivity contribution in [3.8, 4) is 0 Å². The molecule has 0 aromatic rings. The Balaban J connectivity index is 1.17. The van der Waals surface area contributed by atoms with Crippen LogP contribution in [0.5, 0.6) is 0 Å². The van der Waals surface area contributed by atoms with Crippen LogP contribution in [-0.2, 0) is 0 Å². The van der Waals surface area contributed by atoms with Gasteiger partial charge in [-0.1, -0.05) is 6.42 Å². The van der Waals surface area contributed by atoms with E-state index in [0.29, 0.717) is 0 Å². The highest BCUT2D eigenvalue weighted by molar-refractivity contribution is 5.05. The Morgan fingerprint density at radius 1 is 0.857 bits per heavy atom. The van der Waals surface area contributed by atoms with Crippen LogP contribution in [0, 0.1) is 29.6 Å². The molecule has 2 nitrogen and oxygen atoms in total.